The summed E-state index contributed by atoms with van der Waals surface area (Å²) in [7, 11) is 0. The Balaban J connectivity index is 1.90. The molecule has 2 saturated heterocycles. The van der Waals surface area contributed by atoms with Crippen molar-refractivity contribution in [3.05, 3.63) is 0 Å². The van der Waals surface area contributed by atoms with Crippen molar-refractivity contribution in [3.63, 3.8) is 0 Å². The lowest BCUT2D eigenvalue weighted by Crippen LogP contribution is -2.32. The van der Waals surface area contributed by atoms with Crippen LogP contribution in [-0.2, 0) is 0 Å². The van der Waals surface area contributed by atoms with E-state index in [4.69, 9.17) is 4.98 Å². The quantitative estimate of drug-likeness (QED) is 0.898. The van der Waals surface area contributed by atoms with Gasteiger partial charge < -0.3 is 15.1 Å². The third-order valence-electron chi connectivity index (χ3n) is 4.44. The van der Waals surface area contributed by atoms with Crippen molar-refractivity contribution >= 4 is 17.8 Å². The molecular formula is C15H26N6. The van der Waals surface area contributed by atoms with Gasteiger partial charge in [0.2, 0.25) is 17.8 Å². The third kappa shape index (κ3) is 3.04. The van der Waals surface area contributed by atoms with Crippen molar-refractivity contribution in [2.24, 2.45) is 0 Å². The molecule has 1 aromatic rings. The second-order valence-electron chi connectivity index (χ2n) is 5.88. The van der Waals surface area contributed by atoms with Crippen molar-refractivity contribution in [2.75, 3.05) is 41.3 Å². The van der Waals surface area contributed by atoms with E-state index in [9.17, 15) is 0 Å². The van der Waals surface area contributed by atoms with Crippen LogP contribution in [0.2, 0.25) is 0 Å². The molecule has 0 saturated carbocycles. The average molecular weight is 290 g/mol. The monoisotopic (exact) mass is 290 g/mol. The first-order valence-electron chi connectivity index (χ1n) is 8.33. The Morgan fingerprint density at radius 2 is 1.76 bits per heavy atom. The number of aromatic nitrogens is 3. The maximum Gasteiger partial charge on any atom is 0.232 e. The first kappa shape index (κ1) is 14.4. The van der Waals surface area contributed by atoms with E-state index in [0.29, 0.717) is 12.0 Å². The van der Waals surface area contributed by atoms with Crippen molar-refractivity contribution < 1.29 is 0 Å². The summed E-state index contributed by atoms with van der Waals surface area (Å²) in [6, 6.07) is 0.577. The number of rotatable bonds is 5. The van der Waals surface area contributed by atoms with Crippen molar-refractivity contribution in [1.29, 1.82) is 0 Å². The van der Waals surface area contributed by atoms with E-state index in [1.165, 1.54) is 25.7 Å². The fourth-order valence-corrected chi connectivity index (χ4v) is 3.30. The Morgan fingerprint density at radius 1 is 1.00 bits per heavy atom. The third-order valence-corrected chi connectivity index (χ3v) is 4.44. The van der Waals surface area contributed by atoms with E-state index in [2.05, 4.69) is 38.9 Å². The summed E-state index contributed by atoms with van der Waals surface area (Å²) in [5.41, 5.74) is 0. The molecule has 0 amide bonds. The van der Waals surface area contributed by atoms with Crippen LogP contribution in [0.15, 0.2) is 0 Å². The van der Waals surface area contributed by atoms with Crippen molar-refractivity contribution in [3.8, 4) is 0 Å². The van der Waals surface area contributed by atoms with E-state index in [1.807, 2.05) is 0 Å². The maximum atomic E-state index is 4.77. The van der Waals surface area contributed by atoms with Crippen LogP contribution in [0.5, 0.6) is 0 Å². The minimum absolute atomic E-state index is 0.577. The first-order valence-corrected chi connectivity index (χ1v) is 8.33. The largest absolute Gasteiger partial charge is 0.354 e. The SMILES string of the molecule is CCNc1nc(N2CCCC2)nc(N2CCCC2CC)n1. The molecule has 1 N–H and O–H groups in total. The molecular weight excluding hydrogens is 264 g/mol. The summed E-state index contributed by atoms with van der Waals surface area (Å²) in [5.74, 6) is 2.41. The Labute approximate surface area is 127 Å². The molecule has 3 rings (SSSR count). The predicted octanol–water partition coefficient (Wildman–Crippen LogP) is 2.28. The molecule has 1 atom stereocenters. The highest BCUT2D eigenvalue weighted by molar-refractivity contribution is 5.46. The molecule has 0 aromatic carbocycles. The molecule has 2 aliphatic rings. The van der Waals surface area contributed by atoms with E-state index >= 15 is 0 Å². The van der Waals surface area contributed by atoms with Crippen LogP contribution in [0.25, 0.3) is 0 Å². The van der Waals surface area contributed by atoms with Gasteiger partial charge in [-0.25, -0.2) is 0 Å². The van der Waals surface area contributed by atoms with Crippen LogP contribution in [0.3, 0.4) is 0 Å². The standard InChI is InChI=1S/C15H26N6/c1-3-12-8-7-11-21(12)15-18-13(16-4-2)17-14(19-15)20-9-5-6-10-20/h12H,3-11H2,1-2H3,(H,16,17,18,19). The fraction of sp³-hybridized carbons (Fsp3) is 0.800. The maximum absolute atomic E-state index is 4.77. The molecule has 6 nitrogen and oxygen atoms in total. The summed E-state index contributed by atoms with van der Waals surface area (Å²) < 4.78 is 0. The summed E-state index contributed by atoms with van der Waals surface area (Å²) in [6.07, 6.45) is 6.11. The molecule has 21 heavy (non-hydrogen) atoms. The summed E-state index contributed by atoms with van der Waals surface area (Å²) >= 11 is 0. The lowest BCUT2D eigenvalue weighted by atomic mass is 10.2. The molecule has 3 heterocycles. The summed E-state index contributed by atoms with van der Waals surface area (Å²) in [4.78, 5) is 18.6. The molecule has 0 radical (unpaired) electrons. The van der Waals surface area contributed by atoms with Crippen LogP contribution >= 0.6 is 0 Å². The van der Waals surface area contributed by atoms with E-state index in [1.54, 1.807) is 0 Å². The normalized spacial score (nSPS) is 22.1. The van der Waals surface area contributed by atoms with Gasteiger partial charge in [-0.15, -0.1) is 0 Å². The predicted molar refractivity (Wildman–Crippen MR) is 86.1 cm³/mol. The molecule has 116 valence electrons. The topological polar surface area (TPSA) is 57.2 Å². The van der Waals surface area contributed by atoms with Crippen LogP contribution in [0.4, 0.5) is 17.8 Å². The van der Waals surface area contributed by atoms with Gasteiger partial charge in [-0.2, -0.15) is 15.0 Å². The highest BCUT2D eigenvalue weighted by Crippen LogP contribution is 2.27. The zero-order valence-corrected chi connectivity index (χ0v) is 13.2. The number of hydrogen-bond donors (Lipinski definition) is 1. The number of nitrogens with zero attached hydrogens (tertiary/aromatic N) is 5. The minimum atomic E-state index is 0.577. The first-order chi connectivity index (χ1) is 10.3. The number of hydrogen-bond acceptors (Lipinski definition) is 6. The van der Waals surface area contributed by atoms with Crippen LogP contribution in [0.1, 0.15) is 46.0 Å². The minimum Gasteiger partial charge on any atom is -0.354 e. The highest BCUT2D eigenvalue weighted by atomic mass is 15.4. The van der Waals surface area contributed by atoms with Gasteiger partial charge in [0, 0.05) is 32.2 Å². The van der Waals surface area contributed by atoms with Crippen LogP contribution in [0, 0.1) is 0 Å². The average Bonchev–Trinajstić information content (AvgIpc) is 3.18. The van der Waals surface area contributed by atoms with Crippen LogP contribution in [-0.4, -0.2) is 47.2 Å². The zero-order chi connectivity index (χ0) is 14.7. The lowest BCUT2D eigenvalue weighted by Gasteiger charge is -2.25. The molecule has 0 aliphatic carbocycles. The van der Waals surface area contributed by atoms with Crippen LogP contribution < -0.4 is 15.1 Å². The van der Waals surface area contributed by atoms with E-state index in [-0.39, 0.29) is 0 Å². The molecule has 0 spiro atoms. The molecule has 0 bridgehead atoms. The van der Waals surface area contributed by atoms with Gasteiger partial charge in [0.15, 0.2) is 0 Å². The van der Waals surface area contributed by atoms with E-state index in [0.717, 1.165) is 44.5 Å². The summed E-state index contributed by atoms with van der Waals surface area (Å²) in [5, 5.41) is 3.25. The lowest BCUT2D eigenvalue weighted by molar-refractivity contribution is 0.632. The molecule has 1 unspecified atom stereocenters. The number of nitrogens with one attached hydrogen (secondary N) is 1. The highest BCUT2D eigenvalue weighted by Gasteiger charge is 2.27. The molecule has 2 aliphatic heterocycles. The molecule has 1 aromatic heterocycles. The van der Waals surface area contributed by atoms with Gasteiger partial charge in [-0.1, -0.05) is 6.92 Å². The van der Waals surface area contributed by atoms with Gasteiger partial charge in [0.1, 0.15) is 0 Å². The van der Waals surface area contributed by atoms with Gasteiger partial charge in [0.25, 0.3) is 0 Å². The second kappa shape index (κ2) is 6.45. The Hall–Kier alpha value is -1.59. The Bertz CT molecular complexity index is 471. The summed E-state index contributed by atoms with van der Waals surface area (Å²) in [6.45, 7) is 8.34. The second-order valence-corrected chi connectivity index (χ2v) is 5.88. The Morgan fingerprint density at radius 3 is 2.48 bits per heavy atom. The van der Waals surface area contributed by atoms with Crippen molar-refractivity contribution in [2.45, 2.75) is 52.0 Å². The Kier molecular flexibility index (Phi) is 4.41. The van der Waals surface area contributed by atoms with E-state index < -0.39 is 0 Å². The van der Waals surface area contributed by atoms with Gasteiger partial charge in [-0.3, -0.25) is 0 Å². The number of anilines is 3. The smallest absolute Gasteiger partial charge is 0.232 e. The molecule has 6 heteroatoms. The van der Waals surface area contributed by atoms with Gasteiger partial charge >= 0.3 is 0 Å². The molecule has 2 fully saturated rings. The fourth-order valence-electron chi connectivity index (χ4n) is 3.30. The van der Waals surface area contributed by atoms with Gasteiger partial charge in [0.05, 0.1) is 0 Å². The van der Waals surface area contributed by atoms with Crippen molar-refractivity contribution in [1.82, 2.24) is 15.0 Å². The zero-order valence-electron chi connectivity index (χ0n) is 13.2. The van der Waals surface area contributed by atoms with Gasteiger partial charge in [-0.05, 0) is 39.0 Å².